The first-order chi connectivity index (χ1) is 9.04. The smallest absolute Gasteiger partial charge is 0.303 e. The summed E-state index contributed by atoms with van der Waals surface area (Å²) in [5, 5.41) is 14.5. The number of aliphatic carboxylic acids is 1. The van der Waals surface area contributed by atoms with E-state index >= 15 is 0 Å². The Kier molecular flexibility index (Phi) is 4.55. The van der Waals surface area contributed by atoms with Gasteiger partial charge in [-0.2, -0.15) is 0 Å². The monoisotopic (exact) mass is 340 g/mol. The number of aromatic nitrogens is 1. The minimum Gasteiger partial charge on any atom is -0.481 e. The summed E-state index contributed by atoms with van der Waals surface area (Å²) in [6, 6.07) is 6.03. The number of benzene rings is 1. The van der Waals surface area contributed by atoms with E-state index in [1.54, 1.807) is 0 Å². The standard InChI is InChI=1S/C13H13BrN2O2S/c1-8-2-4-11(10(14)6-8)16-13-15-9(7-19-13)3-5-12(17)18/h2,4,6-7H,3,5H2,1H3,(H,15,16)(H,17,18). The number of carboxylic acid groups (broad SMARTS) is 1. The van der Waals surface area contributed by atoms with E-state index < -0.39 is 5.97 Å². The fourth-order valence-electron chi connectivity index (χ4n) is 1.55. The third-order valence-electron chi connectivity index (χ3n) is 2.51. The average molecular weight is 341 g/mol. The molecule has 0 amide bonds. The van der Waals surface area contributed by atoms with Crippen LogP contribution in [0.2, 0.25) is 0 Å². The number of nitrogens with zero attached hydrogens (tertiary/aromatic N) is 1. The minimum absolute atomic E-state index is 0.109. The molecule has 0 aliphatic rings. The molecule has 6 heteroatoms. The van der Waals surface area contributed by atoms with Crippen LogP contribution in [0.3, 0.4) is 0 Å². The molecule has 0 spiro atoms. The zero-order valence-electron chi connectivity index (χ0n) is 10.3. The number of thiazole rings is 1. The number of rotatable bonds is 5. The highest BCUT2D eigenvalue weighted by atomic mass is 79.9. The van der Waals surface area contributed by atoms with Gasteiger partial charge in [-0.3, -0.25) is 4.79 Å². The second-order valence-electron chi connectivity index (χ2n) is 4.15. The van der Waals surface area contributed by atoms with Crippen LogP contribution in [0.1, 0.15) is 17.7 Å². The van der Waals surface area contributed by atoms with Crippen molar-refractivity contribution in [3.05, 3.63) is 39.3 Å². The molecule has 0 saturated heterocycles. The maximum absolute atomic E-state index is 10.5. The Balaban J connectivity index is 2.05. The van der Waals surface area contributed by atoms with Gasteiger partial charge in [-0.05, 0) is 40.5 Å². The summed E-state index contributed by atoms with van der Waals surface area (Å²) in [6.45, 7) is 2.03. The van der Waals surface area contributed by atoms with Gasteiger partial charge >= 0.3 is 5.97 Å². The van der Waals surface area contributed by atoms with E-state index in [0.717, 1.165) is 21.0 Å². The topological polar surface area (TPSA) is 62.2 Å². The predicted octanol–water partition coefficient (Wildman–Crippen LogP) is 3.97. The quantitative estimate of drug-likeness (QED) is 0.864. The van der Waals surface area contributed by atoms with Crippen molar-refractivity contribution in [3.63, 3.8) is 0 Å². The number of hydrogen-bond acceptors (Lipinski definition) is 4. The minimum atomic E-state index is -0.802. The van der Waals surface area contributed by atoms with Gasteiger partial charge in [0.05, 0.1) is 17.8 Å². The van der Waals surface area contributed by atoms with Crippen molar-refractivity contribution in [1.82, 2.24) is 4.98 Å². The lowest BCUT2D eigenvalue weighted by Gasteiger charge is -2.05. The van der Waals surface area contributed by atoms with E-state index in [2.05, 4.69) is 26.2 Å². The Morgan fingerprint density at radius 1 is 1.53 bits per heavy atom. The second kappa shape index (κ2) is 6.16. The summed E-state index contributed by atoms with van der Waals surface area (Å²) in [6.07, 6.45) is 0.569. The third-order valence-corrected chi connectivity index (χ3v) is 3.98. The molecule has 0 fully saturated rings. The lowest BCUT2D eigenvalue weighted by atomic mass is 10.2. The van der Waals surface area contributed by atoms with Crippen molar-refractivity contribution in [1.29, 1.82) is 0 Å². The Hall–Kier alpha value is -1.40. The van der Waals surface area contributed by atoms with E-state index in [0.29, 0.717) is 6.42 Å². The Bertz CT molecular complexity index is 598. The van der Waals surface area contributed by atoms with Crippen LogP contribution in [0.4, 0.5) is 10.8 Å². The largest absolute Gasteiger partial charge is 0.481 e. The number of carbonyl (C=O) groups is 1. The van der Waals surface area contributed by atoms with Gasteiger partial charge in [0, 0.05) is 16.3 Å². The lowest BCUT2D eigenvalue weighted by molar-refractivity contribution is -0.136. The summed E-state index contributed by atoms with van der Waals surface area (Å²) in [5.74, 6) is -0.802. The molecule has 100 valence electrons. The van der Waals surface area contributed by atoms with E-state index in [4.69, 9.17) is 5.11 Å². The van der Waals surface area contributed by atoms with Crippen LogP contribution in [0.5, 0.6) is 0 Å². The molecule has 1 aromatic carbocycles. The zero-order valence-corrected chi connectivity index (χ0v) is 12.7. The van der Waals surface area contributed by atoms with Crippen LogP contribution in [0.15, 0.2) is 28.1 Å². The molecule has 2 N–H and O–H groups in total. The van der Waals surface area contributed by atoms with Gasteiger partial charge in [0.1, 0.15) is 0 Å². The van der Waals surface area contributed by atoms with Gasteiger partial charge < -0.3 is 10.4 Å². The third kappa shape index (κ3) is 4.04. The number of nitrogens with one attached hydrogen (secondary N) is 1. The molecule has 0 bridgehead atoms. The molecule has 0 aliphatic carbocycles. The van der Waals surface area contributed by atoms with Crippen molar-refractivity contribution in [2.75, 3.05) is 5.32 Å². The molecular weight excluding hydrogens is 328 g/mol. The number of hydrogen-bond donors (Lipinski definition) is 2. The van der Waals surface area contributed by atoms with Gasteiger partial charge in [-0.1, -0.05) is 6.07 Å². The molecule has 0 unspecified atom stereocenters. The summed E-state index contributed by atoms with van der Waals surface area (Å²) in [4.78, 5) is 14.9. The van der Waals surface area contributed by atoms with Gasteiger partial charge in [-0.25, -0.2) is 4.98 Å². The average Bonchev–Trinajstić information content (AvgIpc) is 2.78. The zero-order chi connectivity index (χ0) is 13.8. The van der Waals surface area contributed by atoms with Gasteiger partial charge in [0.25, 0.3) is 0 Å². The van der Waals surface area contributed by atoms with Crippen molar-refractivity contribution >= 4 is 44.1 Å². The second-order valence-corrected chi connectivity index (χ2v) is 5.86. The van der Waals surface area contributed by atoms with Crippen LogP contribution in [-0.4, -0.2) is 16.1 Å². The number of halogens is 1. The molecule has 0 saturated carbocycles. The SMILES string of the molecule is Cc1ccc(Nc2nc(CCC(=O)O)cs2)c(Br)c1. The maximum atomic E-state index is 10.5. The summed E-state index contributed by atoms with van der Waals surface area (Å²) < 4.78 is 0.981. The Morgan fingerprint density at radius 2 is 2.32 bits per heavy atom. The molecule has 2 rings (SSSR count). The van der Waals surface area contributed by atoms with Crippen molar-refractivity contribution in [3.8, 4) is 0 Å². The van der Waals surface area contributed by atoms with Crippen molar-refractivity contribution < 1.29 is 9.90 Å². The number of anilines is 2. The Labute approximate surface area is 123 Å². The van der Waals surface area contributed by atoms with E-state index in [-0.39, 0.29) is 6.42 Å². The Morgan fingerprint density at radius 3 is 3.00 bits per heavy atom. The van der Waals surface area contributed by atoms with Crippen molar-refractivity contribution in [2.24, 2.45) is 0 Å². The molecular formula is C13H13BrN2O2S. The van der Waals surface area contributed by atoms with Crippen LogP contribution in [0.25, 0.3) is 0 Å². The fourth-order valence-corrected chi connectivity index (χ4v) is 2.90. The normalized spacial score (nSPS) is 10.4. The highest BCUT2D eigenvalue weighted by Crippen LogP contribution is 2.28. The van der Waals surface area contributed by atoms with E-state index in [1.807, 2.05) is 30.5 Å². The number of carboxylic acids is 1. The fraction of sp³-hybridized carbons (Fsp3) is 0.231. The van der Waals surface area contributed by atoms with Gasteiger partial charge in [-0.15, -0.1) is 11.3 Å². The first-order valence-corrected chi connectivity index (χ1v) is 7.41. The first-order valence-electron chi connectivity index (χ1n) is 5.74. The molecule has 0 radical (unpaired) electrons. The summed E-state index contributed by atoms with van der Waals surface area (Å²) in [5.41, 5.74) is 2.93. The highest BCUT2D eigenvalue weighted by molar-refractivity contribution is 9.10. The summed E-state index contributed by atoms with van der Waals surface area (Å²) in [7, 11) is 0. The molecule has 1 heterocycles. The van der Waals surface area contributed by atoms with Crippen molar-refractivity contribution in [2.45, 2.75) is 19.8 Å². The summed E-state index contributed by atoms with van der Waals surface area (Å²) >= 11 is 4.97. The highest BCUT2D eigenvalue weighted by Gasteiger charge is 2.06. The van der Waals surface area contributed by atoms with Crippen LogP contribution >= 0.6 is 27.3 Å². The van der Waals surface area contributed by atoms with E-state index in [1.165, 1.54) is 16.9 Å². The first kappa shape index (κ1) is 14.0. The molecule has 2 aromatic rings. The molecule has 4 nitrogen and oxygen atoms in total. The number of aryl methyl sites for hydroxylation is 2. The van der Waals surface area contributed by atoms with Crippen LogP contribution in [0, 0.1) is 6.92 Å². The van der Waals surface area contributed by atoms with Gasteiger partial charge in [0.15, 0.2) is 5.13 Å². The maximum Gasteiger partial charge on any atom is 0.303 e. The molecule has 1 aromatic heterocycles. The molecule has 0 atom stereocenters. The van der Waals surface area contributed by atoms with E-state index in [9.17, 15) is 4.79 Å². The van der Waals surface area contributed by atoms with Gasteiger partial charge in [0.2, 0.25) is 0 Å². The molecule has 19 heavy (non-hydrogen) atoms. The van der Waals surface area contributed by atoms with Crippen LogP contribution in [-0.2, 0) is 11.2 Å². The predicted molar refractivity (Wildman–Crippen MR) is 80.2 cm³/mol. The molecule has 0 aliphatic heterocycles. The lowest BCUT2D eigenvalue weighted by Crippen LogP contribution is -1.98. The van der Waals surface area contributed by atoms with Crippen LogP contribution < -0.4 is 5.32 Å².